The molecule has 0 saturated carbocycles. The Morgan fingerprint density at radius 3 is 2.48 bits per heavy atom. The van der Waals surface area contributed by atoms with E-state index >= 15 is 0 Å². The number of nitrogens with one attached hydrogen (secondary N) is 2. The van der Waals surface area contributed by atoms with Gasteiger partial charge in [0.1, 0.15) is 17.1 Å². The predicted molar refractivity (Wildman–Crippen MR) is 118 cm³/mol. The van der Waals surface area contributed by atoms with Gasteiger partial charge in [0, 0.05) is 35.6 Å². The minimum atomic E-state index is -4.51. The molecule has 8 nitrogen and oxygen atoms in total. The third-order valence-corrected chi connectivity index (χ3v) is 5.95. The Morgan fingerprint density at radius 1 is 1.18 bits per heavy atom. The van der Waals surface area contributed by atoms with Crippen molar-refractivity contribution in [3.8, 4) is 5.75 Å². The van der Waals surface area contributed by atoms with E-state index in [0.29, 0.717) is 5.95 Å². The Hall–Kier alpha value is -2.95. The predicted octanol–water partition coefficient (Wildman–Crippen LogP) is 4.13. The fourth-order valence-corrected chi connectivity index (χ4v) is 4.16. The Bertz CT molecular complexity index is 978. The minimum Gasteiger partial charge on any atom is -0.482 e. The molecule has 0 aromatic carbocycles. The highest BCUT2D eigenvalue weighted by Gasteiger charge is 2.43. The van der Waals surface area contributed by atoms with Crippen LogP contribution in [-0.4, -0.2) is 62.7 Å². The molecule has 3 heterocycles. The van der Waals surface area contributed by atoms with Crippen molar-refractivity contribution in [2.75, 3.05) is 24.3 Å². The maximum absolute atomic E-state index is 12.7. The summed E-state index contributed by atoms with van der Waals surface area (Å²) in [6.07, 6.45) is 1.17. The van der Waals surface area contributed by atoms with Crippen molar-refractivity contribution in [2.24, 2.45) is 0 Å². The van der Waals surface area contributed by atoms with E-state index in [9.17, 15) is 18.0 Å². The first kappa shape index (κ1) is 24.7. The van der Waals surface area contributed by atoms with Crippen molar-refractivity contribution in [3.05, 3.63) is 36.4 Å². The van der Waals surface area contributed by atoms with Crippen LogP contribution < -0.4 is 15.4 Å². The van der Waals surface area contributed by atoms with E-state index in [4.69, 9.17) is 4.74 Å². The molecule has 180 valence electrons. The van der Waals surface area contributed by atoms with Crippen molar-refractivity contribution >= 4 is 17.5 Å². The van der Waals surface area contributed by atoms with Crippen LogP contribution in [0.5, 0.6) is 5.75 Å². The molecule has 1 aliphatic rings. The number of pyridine rings is 1. The van der Waals surface area contributed by atoms with E-state index in [1.165, 1.54) is 30.7 Å². The summed E-state index contributed by atoms with van der Waals surface area (Å²) in [7, 11) is 2.11. The van der Waals surface area contributed by atoms with E-state index in [2.05, 4.69) is 65.2 Å². The summed E-state index contributed by atoms with van der Waals surface area (Å²) >= 11 is 0. The lowest BCUT2D eigenvalue weighted by atomic mass is 9.77. The lowest BCUT2D eigenvalue weighted by Gasteiger charge is -2.53. The molecule has 2 N–H and O–H groups in total. The highest BCUT2D eigenvalue weighted by molar-refractivity contribution is 6.03. The quantitative estimate of drug-likeness (QED) is 0.661. The monoisotopic (exact) mass is 466 g/mol. The van der Waals surface area contributed by atoms with Crippen LogP contribution in [0.15, 0.2) is 30.7 Å². The maximum Gasteiger partial charge on any atom is 0.422 e. The normalized spacial score (nSPS) is 18.5. The smallest absolute Gasteiger partial charge is 0.422 e. The van der Waals surface area contributed by atoms with Gasteiger partial charge in [0.15, 0.2) is 6.61 Å². The van der Waals surface area contributed by atoms with Crippen molar-refractivity contribution in [1.82, 2.24) is 19.9 Å². The standard InChI is InChI=1S/C22H29F3N6O2/c1-20(2)10-14(11-21(3,4)31(20)5)28-19-27-9-6-15(30-19)18(32)29-16-12-26-8-7-17(16)33-13-22(23,24)25/h6-9,12,14H,10-11,13H2,1-5H3,(H,29,32)(H,27,28,30). The van der Waals surface area contributed by atoms with Gasteiger partial charge in [0.05, 0.1) is 6.20 Å². The molecule has 1 amide bonds. The molecule has 0 unspecified atom stereocenters. The summed E-state index contributed by atoms with van der Waals surface area (Å²) in [5.41, 5.74) is -0.00784. The zero-order valence-electron chi connectivity index (χ0n) is 19.3. The van der Waals surface area contributed by atoms with E-state index in [1.54, 1.807) is 0 Å². The Balaban J connectivity index is 1.71. The van der Waals surface area contributed by atoms with E-state index in [0.717, 1.165) is 12.8 Å². The fraction of sp³-hybridized carbons (Fsp3) is 0.545. The second kappa shape index (κ2) is 9.12. The minimum absolute atomic E-state index is 0.0127. The molecule has 1 aliphatic heterocycles. The number of halogens is 3. The number of amides is 1. The summed E-state index contributed by atoms with van der Waals surface area (Å²) < 4.78 is 42.3. The van der Waals surface area contributed by atoms with E-state index in [1.807, 2.05) is 0 Å². The second-order valence-corrected chi connectivity index (χ2v) is 9.43. The van der Waals surface area contributed by atoms with Gasteiger partial charge >= 0.3 is 6.18 Å². The number of ether oxygens (including phenoxy) is 1. The van der Waals surface area contributed by atoms with Crippen LogP contribution in [0.2, 0.25) is 0 Å². The third-order valence-electron chi connectivity index (χ3n) is 5.95. The van der Waals surface area contributed by atoms with Gasteiger partial charge < -0.3 is 15.4 Å². The Kier molecular flexibility index (Phi) is 6.83. The number of nitrogens with zero attached hydrogens (tertiary/aromatic N) is 4. The topological polar surface area (TPSA) is 92.3 Å². The number of rotatable bonds is 6. The van der Waals surface area contributed by atoms with Crippen LogP contribution in [-0.2, 0) is 0 Å². The Labute approximate surface area is 191 Å². The summed E-state index contributed by atoms with van der Waals surface area (Å²) in [5.74, 6) is -0.447. The molecule has 0 atom stereocenters. The van der Waals surface area contributed by atoms with Gasteiger partial charge in [-0.1, -0.05) is 0 Å². The van der Waals surface area contributed by atoms with Gasteiger partial charge in [-0.3, -0.25) is 14.7 Å². The van der Waals surface area contributed by atoms with Crippen molar-refractivity contribution in [2.45, 2.75) is 63.8 Å². The zero-order valence-corrected chi connectivity index (χ0v) is 19.3. The first-order chi connectivity index (χ1) is 15.3. The van der Waals surface area contributed by atoms with Crippen LogP contribution in [0, 0.1) is 0 Å². The molecular weight excluding hydrogens is 437 g/mol. The third kappa shape index (κ3) is 6.31. The molecular formula is C22H29F3N6O2. The van der Waals surface area contributed by atoms with Gasteiger partial charge in [-0.05, 0) is 53.7 Å². The first-order valence-corrected chi connectivity index (χ1v) is 10.6. The number of likely N-dealkylation sites (tertiary alicyclic amines) is 1. The van der Waals surface area contributed by atoms with Gasteiger partial charge in [-0.15, -0.1) is 0 Å². The molecule has 33 heavy (non-hydrogen) atoms. The van der Waals surface area contributed by atoms with Crippen molar-refractivity contribution in [1.29, 1.82) is 0 Å². The van der Waals surface area contributed by atoms with Crippen LogP contribution >= 0.6 is 0 Å². The van der Waals surface area contributed by atoms with Crippen molar-refractivity contribution in [3.63, 3.8) is 0 Å². The molecule has 0 aliphatic carbocycles. The molecule has 1 saturated heterocycles. The SMILES string of the molecule is CN1C(C)(C)CC(Nc2nccc(C(=O)Nc3cnccc3OCC(F)(F)F)n2)CC1(C)C. The van der Waals surface area contributed by atoms with Gasteiger partial charge in [-0.25, -0.2) is 9.97 Å². The molecule has 2 aromatic heterocycles. The highest BCUT2D eigenvalue weighted by atomic mass is 19.4. The molecule has 1 fully saturated rings. The van der Waals surface area contributed by atoms with Gasteiger partial charge in [-0.2, -0.15) is 13.2 Å². The number of anilines is 2. The molecule has 2 aromatic rings. The van der Waals surface area contributed by atoms with Crippen LogP contribution in [0.25, 0.3) is 0 Å². The van der Waals surface area contributed by atoms with Crippen LogP contribution in [0.1, 0.15) is 51.0 Å². The molecule has 0 radical (unpaired) electrons. The first-order valence-electron chi connectivity index (χ1n) is 10.6. The number of carbonyl (C=O) groups excluding carboxylic acids is 1. The fourth-order valence-electron chi connectivity index (χ4n) is 4.16. The average Bonchev–Trinajstić information content (AvgIpc) is 2.70. The number of hydrogen-bond donors (Lipinski definition) is 2. The average molecular weight is 467 g/mol. The number of aromatic nitrogens is 3. The number of hydrogen-bond acceptors (Lipinski definition) is 7. The lowest BCUT2D eigenvalue weighted by molar-refractivity contribution is -0.153. The number of carbonyl (C=O) groups is 1. The van der Waals surface area contributed by atoms with Crippen LogP contribution in [0.3, 0.4) is 0 Å². The number of alkyl halides is 3. The molecule has 0 bridgehead atoms. The molecule has 0 spiro atoms. The number of piperidine rings is 1. The molecule has 11 heteroatoms. The lowest BCUT2D eigenvalue weighted by Crippen LogP contribution is -2.61. The van der Waals surface area contributed by atoms with Crippen molar-refractivity contribution < 1.29 is 22.7 Å². The van der Waals surface area contributed by atoms with Crippen LogP contribution in [0.4, 0.5) is 24.8 Å². The zero-order chi connectivity index (χ0) is 24.4. The summed E-state index contributed by atoms with van der Waals surface area (Å²) in [4.78, 5) is 27.5. The summed E-state index contributed by atoms with van der Waals surface area (Å²) in [5, 5.41) is 5.84. The van der Waals surface area contributed by atoms with E-state index in [-0.39, 0.29) is 34.3 Å². The Morgan fingerprint density at radius 2 is 1.85 bits per heavy atom. The summed E-state index contributed by atoms with van der Waals surface area (Å²) in [6, 6.07) is 2.78. The largest absolute Gasteiger partial charge is 0.482 e. The second-order valence-electron chi connectivity index (χ2n) is 9.43. The summed E-state index contributed by atoms with van der Waals surface area (Å²) in [6.45, 7) is 7.24. The maximum atomic E-state index is 12.7. The molecule has 3 rings (SSSR count). The van der Waals surface area contributed by atoms with E-state index < -0.39 is 18.7 Å². The van der Waals surface area contributed by atoms with Gasteiger partial charge in [0.25, 0.3) is 5.91 Å². The highest BCUT2D eigenvalue weighted by Crippen LogP contribution is 2.37. The van der Waals surface area contributed by atoms with Gasteiger partial charge in [0.2, 0.25) is 5.95 Å².